The topological polar surface area (TPSA) is 91.9 Å². The zero-order chi connectivity index (χ0) is 25.8. The van der Waals surface area contributed by atoms with E-state index in [2.05, 4.69) is 22.2 Å². The van der Waals surface area contributed by atoms with Crippen molar-refractivity contribution in [1.82, 2.24) is 9.97 Å². The van der Waals surface area contributed by atoms with Gasteiger partial charge in [-0.1, -0.05) is 18.5 Å². The number of benzene rings is 2. The number of hydrogen-bond acceptors (Lipinski definition) is 4. The molecule has 1 unspecified atom stereocenters. The van der Waals surface area contributed by atoms with Crippen molar-refractivity contribution in [2.75, 3.05) is 5.32 Å². The van der Waals surface area contributed by atoms with Crippen molar-refractivity contribution in [3.63, 3.8) is 0 Å². The molecule has 2 bridgehead atoms. The van der Waals surface area contributed by atoms with Crippen molar-refractivity contribution in [2.24, 2.45) is 17.8 Å². The molecule has 0 spiro atoms. The van der Waals surface area contributed by atoms with Gasteiger partial charge in [0, 0.05) is 41.7 Å². The maximum absolute atomic E-state index is 13.7. The van der Waals surface area contributed by atoms with E-state index in [4.69, 9.17) is 11.6 Å². The quantitative estimate of drug-likeness (QED) is 0.407. The van der Waals surface area contributed by atoms with Gasteiger partial charge in [-0.2, -0.15) is 0 Å². The molecule has 2 fully saturated rings. The van der Waals surface area contributed by atoms with Crippen LogP contribution >= 0.6 is 11.6 Å². The Hall–Kier alpha value is -2.85. The summed E-state index contributed by atoms with van der Waals surface area (Å²) in [4.78, 5) is 20.2. The van der Waals surface area contributed by atoms with E-state index in [9.17, 15) is 26.4 Å². The first-order valence-electron chi connectivity index (χ1n) is 11.5. The van der Waals surface area contributed by atoms with Gasteiger partial charge in [-0.3, -0.25) is 4.79 Å². The van der Waals surface area contributed by atoms with Crippen LogP contribution < -0.4 is 5.32 Å². The molecule has 0 saturated heterocycles. The molecule has 5 atom stereocenters. The van der Waals surface area contributed by atoms with Gasteiger partial charge in [0.1, 0.15) is 5.82 Å². The highest BCUT2D eigenvalue weighted by molar-refractivity contribution is 7.92. The molecular weight excluding hydrogens is 515 g/mol. The van der Waals surface area contributed by atoms with Crippen LogP contribution in [0.2, 0.25) is 5.02 Å². The van der Waals surface area contributed by atoms with E-state index in [1.165, 1.54) is 18.2 Å². The average Bonchev–Trinajstić information content (AvgIpc) is 3.42. The van der Waals surface area contributed by atoms with E-state index < -0.39 is 38.4 Å². The largest absolute Gasteiger partial charge is 0.348 e. The number of nitrogens with one attached hydrogen (secondary N) is 2. The van der Waals surface area contributed by atoms with Gasteiger partial charge in [-0.25, -0.2) is 26.6 Å². The average molecular weight is 538 g/mol. The highest BCUT2D eigenvalue weighted by atomic mass is 35.5. The molecule has 5 rings (SSSR count). The minimum absolute atomic E-state index is 0.0148. The summed E-state index contributed by atoms with van der Waals surface area (Å²) in [6, 6.07) is 5.07. The van der Waals surface area contributed by atoms with Crippen molar-refractivity contribution < 1.29 is 26.4 Å². The molecule has 1 aromatic heterocycles. The predicted octanol–water partition coefficient (Wildman–Crippen LogP) is 5.72. The number of amides is 1. The number of anilines is 1. The molecule has 2 aromatic carbocycles. The Bertz CT molecular complexity index is 1410. The van der Waals surface area contributed by atoms with Crippen LogP contribution in [0.5, 0.6) is 0 Å². The van der Waals surface area contributed by atoms with Gasteiger partial charge in [-0.15, -0.1) is 0 Å². The molecule has 2 aliphatic carbocycles. The van der Waals surface area contributed by atoms with Crippen LogP contribution in [0, 0.1) is 35.2 Å². The van der Waals surface area contributed by atoms with Gasteiger partial charge in [0.25, 0.3) is 5.91 Å². The number of aromatic nitrogens is 2. The van der Waals surface area contributed by atoms with Gasteiger partial charge in [0.15, 0.2) is 27.3 Å². The van der Waals surface area contributed by atoms with Gasteiger partial charge < -0.3 is 10.3 Å². The summed E-state index contributed by atoms with van der Waals surface area (Å²) < 4.78 is 67.7. The molecule has 2 N–H and O–H groups in total. The zero-order valence-electron chi connectivity index (χ0n) is 19.1. The molecule has 0 radical (unpaired) electrons. The molecule has 1 heterocycles. The summed E-state index contributed by atoms with van der Waals surface area (Å²) in [6.07, 6.45) is 5.28. The fraction of sp³-hybridized carbons (Fsp3) is 0.360. The molecule has 190 valence electrons. The zero-order valence-corrected chi connectivity index (χ0v) is 20.7. The Morgan fingerprint density at radius 3 is 2.47 bits per heavy atom. The van der Waals surface area contributed by atoms with E-state index >= 15 is 0 Å². The van der Waals surface area contributed by atoms with E-state index in [1.54, 1.807) is 12.4 Å². The lowest BCUT2D eigenvalue weighted by Gasteiger charge is -2.34. The first-order chi connectivity index (χ1) is 17.1. The molecular formula is C25H23ClF3N3O3S. The first kappa shape index (κ1) is 24.8. The fourth-order valence-electron chi connectivity index (χ4n) is 5.87. The monoisotopic (exact) mass is 537 g/mol. The third-order valence-corrected chi connectivity index (χ3v) is 10.1. The number of hydrogen-bond donors (Lipinski definition) is 2. The van der Waals surface area contributed by atoms with Crippen molar-refractivity contribution in [3.8, 4) is 0 Å². The van der Waals surface area contributed by atoms with Gasteiger partial charge in [0.2, 0.25) is 0 Å². The number of fused-ring (bicyclic) bond motifs is 2. The SMILES string of the molecule is C[C@H]1CC2C[C@@H](S(=O)(=O)c3cc(C(=O)Nc4cc(F)c(F)c(F)c4)ccc3Cl)C[C@H]1[C@@H]2c1ncc[nH]1. The maximum atomic E-state index is 13.7. The number of carbonyl (C=O) groups is 1. The van der Waals surface area contributed by atoms with Crippen LogP contribution in [0.15, 0.2) is 47.6 Å². The van der Waals surface area contributed by atoms with Crippen molar-refractivity contribution >= 4 is 33.0 Å². The lowest BCUT2D eigenvalue weighted by atomic mass is 9.76. The Kier molecular flexibility index (Phi) is 6.36. The van der Waals surface area contributed by atoms with Crippen molar-refractivity contribution in [3.05, 3.63) is 76.6 Å². The summed E-state index contributed by atoms with van der Waals surface area (Å²) >= 11 is 6.28. The van der Waals surface area contributed by atoms with Crippen LogP contribution in [0.3, 0.4) is 0 Å². The third-order valence-electron chi connectivity index (χ3n) is 7.49. The molecule has 0 aliphatic heterocycles. The number of H-pyrrole nitrogens is 1. The molecule has 1 amide bonds. The van der Waals surface area contributed by atoms with Crippen LogP contribution in [-0.2, 0) is 9.84 Å². The normalized spacial score (nSPS) is 25.6. The lowest BCUT2D eigenvalue weighted by molar-refractivity contribution is 0.102. The predicted molar refractivity (Wildman–Crippen MR) is 128 cm³/mol. The molecule has 36 heavy (non-hydrogen) atoms. The summed E-state index contributed by atoms with van der Waals surface area (Å²) in [7, 11) is -3.89. The second kappa shape index (κ2) is 9.23. The second-order valence-corrected chi connectivity index (χ2v) is 12.2. The Labute approximate surface area is 211 Å². The van der Waals surface area contributed by atoms with E-state index in [1.807, 2.05) is 0 Å². The summed E-state index contributed by atoms with van der Waals surface area (Å²) in [5.41, 5.74) is -0.374. The number of imidazole rings is 1. The Balaban J connectivity index is 1.40. The number of aromatic amines is 1. The van der Waals surface area contributed by atoms with E-state index in [0.717, 1.165) is 12.2 Å². The summed E-state index contributed by atoms with van der Waals surface area (Å²) in [5.74, 6) is -3.70. The van der Waals surface area contributed by atoms with Crippen LogP contribution in [0.1, 0.15) is 48.3 Å². The van der Waals surface area contributed by atoms with Crippen molar-refractivity contribution in [2.45, 2.75) is 42.2 Å². The number of rotatable bonds is 5. The van der Waals surface area contributed by atoms with E-state index in [-0.39, 0.29) is 38.9 Å². The van der Waals surface area contributed by atoms with Crippen LogP contribution in [0.4, 0.5) is 18.9 Å². The molecule has 2 saturated carbocycles. The Morgan fingerprint density at radius 2 is 1.83 bits per heavy atom. The standard InChI is InChI=1S/C25H23ClF3N3O3S/c1-12-6-14-7-16(11-17(12)22(14)24-30-4-5-31-24)36(34,35)21-8-13(2-3-18(21)26)25(33)32-15-9-19(27)23(29)20(28)10-15/h2-5,8-10,12,14,16-17,22H,6-7,11H2,1H3,(H,30,31)(H,32,33)/t12-,14?,16+,17+,22+/m0/s1. The Morgan fingerprint density at radius 1 is 1.11 bits per heavy atom. The molecule has 11 heteroatoms. The summed E-state index contributed by atoms with van der Waals surface area (Å²) in [5, 5.41) is 1.58. The third kappa shape index (κ3) is 4.30. The number of nitrogens with zero attached hydrogens (tertiary/aromatic N) is 1. The maximum Gasteiger partial charge on any atom is 0.255 e. The van der Waals surface area contributed by atoms with Crippen LogP contribution in [-0.4, -0.2) is 29.5 Å². The molecule has 6 nitrogen and oxygen atoms in total. The van der Waals surface area contributed by atoms with E-state index in [0.29, 0.717) is 30.9 Å². The van der Waals surface area contributed by atoms with Gasteiger partial charge >= 0.3 is 0 Å². The minimum atomic E-state index is -3.89. The summed E-state index contributed by atoms with van der Waals surface area (Å²) in [6.45, 7) is 2.13. The highest BCUT2D eigenvalue weighted by Gasteiger charge is 2.51. The minimum Gasteiger partial charge on any atom is -0.348 e. The van der Waals surface area contributed by atoms with Crippen LogP contribution in [0.25, 0.3) is 0 Å². The smallest absolute Gasteiger partial charge is 0.255 e. The van der Waals surface area contributed by atoms with Gasteiger partial charge in [-0.05, 0) is 55.2 Å². The van der Waals surface area contributed by atoms with Gasteiger partial charge in [0.05, 0.1) is 15.2 Å². The second-order valence-electron chi connectivity index (χ2n) is 9.63. The number of carbonyl (C=O) groups excluding carboxylic acids is 1. The molecule has 2 aliphatic rings. The number of halogens is 4. The highest BCUT2D eigenvalue weighted by Crippen LogP contribution is 2.56. The fourth-order valence-corrected chi connectivity index (χ4v) is 8.28. The first-order valence-corrected chi connectivity index (χ1v) is 13.5. The molecule has 3 aromatic rings. The number of sulfone groups is 1. The lowest BCUT2D eigenvalue weighted by Crippen LogP contribution is -2.34. The van der Waals surface area contributed by atoms with Crippen molar-refractivity contribution in [1.29, 1.82) is 0 Å².